The van der Waals surface area contributed by atoms with Crippen LogP contribution in [0.3, 0.4) is 0 Å². The summed E-state index contributed by atoms with van der Waals surface area (Å²) < 4.78 is 0. The standard InChI is InChI=1S/C21H20ClNO3S/c1-14(21(26)17-9-11-18(22)12-10-17)27-19(16-7-5-4-6-8-16)13-20(25)23(3)15(2)24/h4-14H,1-3H3/b19-13+. The van der Waals surface area contributed by atoms with E-state index in [9.17, 15) is 14.4 Å². The van der Waals surface area contributed by atoms with Crippen molar-refractivity contribution in [2.75, 3.05) is 7.05 Å². The second kappa shape index (κ2) is 9.53. The number of thioether (sulfide) groups is 1. The van der Waals surface area contributed by atoms with Gasteiger partial charge in [0, 0.05) is 35.5 Å². The molecule has 0 saturated carbocycles. The van der Waals surface area contributed by atoms with E-state index in [2.05, 4.69) is 0 Å². The van der Waals surface area contributed by atoms with Crippen molar-refractivity contribution in [2.45, 2.75) is 19.1 Å². The molecule has 27 heavy (non-hydrogen) atoms. The van der Waals surface area contributed by atoms with Gasteiger partial charge in [0.15, 0.2) is 5.78 Å². The third-order valence-corrected chi connectivity index (χ3v) is 5.34. The third kappa shape index (κ3) is 5.81. The highest BCUT2D eigenvalue weighted by Crippen LogP contribution is 2.33. The topological polar surface area (TPSA) is 54.5 Å². The van der Waals surface area contributed by atoms with Crippen molar-refractivity contribution in [3.05, 3.63) is 76.8 Å². The lowest BCUT2D eigenvalue weighted by Crippen LogP contribution is -2.29. The van der Waals surface area contributed by atoms with Crippen molar-refractivity contribution in [1.29, 1.82) is 0 Å². The molecule has 0 aromatic heterocycles. The van der Waals surface area contributed by atoms with Gasteiger partial charge in [0.1, 0.15) is 0 Å². The summed E-state index contributed by atoms with van der Waals surface area (Å²) in [7, 11) is 1.43. The van der Waals surface area contributed by atoms with Gasteiger partial charge >= 0.3 is 0 Å². The normalized spacial score (nSPS) is 12.4. The quantitative estimate of drug-likeness (QED) is 0.520. The van der Waals surface area contributed by atoms with Gasteiger partial charge in [0.2, 0.25) is 5.91 Å². The van der Waals surface area contributed by atoms with E-state index in [1.807, 2.05) is 30.3 Å². The molecule has 0 spiro atoms. The van der Waals surface area contributed by atoms with Gasteiger partial charge in [-0.05, 0) is 36.8 Å². The van der Waals surface area contributed by atoms with Crippen LogP contribution >= 0.6 is 23.4 Å². The molecule has 2 aromatic rings. The lowest BCUT2D eigenvalue weighted by molar-refractivity contribution is -0.138. The highest BCUT2D eigenvalue weighted by molar-refractivity contribution is 8.09. The molecule has 0 fully saturated rings. The highest BCUT2D eigenvalue weighted by Gasteiger charge is 2.20. The predicted molar refractivity (Wildman–Crippen MR) is 111 cm³/mol. The van der Waals surface area contributed by atoms with Crippen LogP contribution in [0.15, 0.2) is 60.7 Å². The monoisotopic (exact) mass is 401 g/mol. The Morgan fingerprint density at radius 1 is 1.00 bits per heavy atom. The van der Waals surface area contributed by atoms with Crippen molar-refractivity contribution < 1.29 is 14.4 Å². The van der Waals surface area contributed by atoms with E-state index in [0.29, 0.717) is 15.5 Å². The summed E-state index contributed by atoms with van der Waals surface area (Å²) in [6.45, 7) is 3.12. The maximum atomic E-state index is 12.7. The second-order valence-electron chi connectivity index (χ2n) is 5.92. The number of ketones is 1. The lowest BCUT2D eigenvalue weighted by atomic mass is 10.1. The average Bonchev–Trinajstić information content (AvgIpc) is 2.67. The molecule has 0 aliphatic carbocycles. The lowest BCUT2D eigenvalue weighted by Gasteiger charge is -2.16. The number of imide groups is 1. The van der Waals surface area contributed by atoms with E-state index < -0.39 is 11.2 Å². The van der Waals surface area contributed by atoms with Gasteiger partial charge in [-0.1, -0.05) is 41.9 Å². The Labute approximate surface area is 168 Å². The highest BCUT2D eigenvalue weighted by atomic mass is 35.5. The molecule has 0 heterocycles. The average molecular weight is 402 g/mol. The summed E-state index contributed by atoms with van der Waals surface area (Å²) in [5, 5.41) is 0.141. The zero-order chi connectivity index (χ0) is 20.0. The van der Waals surface area contributed by atoms with Crippen molar-refractivity contribution in [1.82, 2.24) is 4.90 Å². The summed E-state index contributed by atoms with van der Waals surface area (Å²) in [4.78, 5) is 38.2. The molecule has 0 N–H and O–H groups in total. The van der Waals surface area contributed by atoms with Crippen molar-refractivity contribution in [3.8, 4) is 0 Å². The van der Waals surface area contributed by atoms with Crippen molar-refractivity contribution >= 4 is 45.9 Å². The first-order valence-electron chi connectivity index (χ1n) is 8.31. The number of amides is 2. The Kier molecular flexibility index (Phi) is 7.39. The molecular formula is C21H20ClNO3S. The van der Waals surface area contributed by atoms with Crippen LogP contribution in [-0.2, 0) is 9.59 Å². The Balaban J connectivity index is 2.28. The summed E-state index contributed by atoms with van der Waals surface area (Å²) in [5.74, 6) is -0.843. The smallest absolute Gasteiger partial charge is 0.254 e. The van der Waals surface area contributed by atoms with E-state index >= 15 is 0 Å². The van der Waals surface area contributed by atoms with Gasteiger partial charge in [-0.3, -0.25) is 19.3 Å². The van der Waals surface area contributed by atoms with Crippen LogP contribution in [0.1, 0.15) is 29.8 Å². The number of rotatable bonds is 6. The van der Waals surface area contributed by atoms with E-state index in [1.165, 1.54) is 31.8 Å². The van der Waals surface area contributed by atoms with Gasteiger partial charge in [0.05, 0.1) is 5.25 Å². The molecule has 140 valence electrons. The van der Waals surface area contributed by atoms with Crippen LogP contribution in [0.2, 0.25) is 5.02 Å². The van der Waals surface area contributed by atoms with Crippen LogP contribution in [0.5, 0.6) is 0 Å². The van der Waals surface area contributed by atoms with Gasteiger partial charge in [-0.2, -0.15) is 0 Å². The van der Waals surface area contributed by atoms with Gasteiger partial charge in [-0.15, -0.1) is 11.8 Å². The number of nitrogens with zero attached hydrogens (tertiary/aromatic N) is 1. The Bertz CT molecular complexity index is 863. The predicted octanol–water partition coefficient (Wildman–Crippen LogP) is 4.69. The molecule has 0 bridgehead atoms. The number of Topliss-reactive ketones (excluding diaryl/α,β-unsaturated/α-hetero) is 1. The maximum absolute atomic E-state index is 12.7. The fourth-order valence-corrected chi connectivity index (χ4v) is 3.44. The molecule has 2 amide bonds. The van der Waals surface area contributed by atoms with E-state index in [1.54, 1.807) is 31.2 Å². The van der Waals surface area contributed by atoms with Crippen LogP contribution in [0, 0.1) is 0 Å². The Morgan fingerprint density at radius 3 is 2.15 bits per heavy atom. The number of halogens is 1. The number of likely N-dealkylation sites (N-methyl/N-ethyl adjacent to an activating group) is 1. The van der Waals surface area contributed by atoms with Gasteiger partial charge in [-0.25, -0.2) is 0 Å². The van der Waals surface area contributed by atoms with Crippen LogP contribution < -0.4 is 0 Å². The first-order chi connectivity index (χ1) is 12.8. The largest absolute Gasteiger partial charge is 0.293 e. The van der Waals surface area contributed by atoms with E-state index in [-0.39, 0.29) is 11.7 Å². The summed E-state index contributed by atoms with van der Waals surface area (Å²) in [6, 6.07) is 16.0. The molecule has 1 unspecified atom stereocenters. The van der Waals surface area contributed by atoms with Crippen LogP contribution in [-0.4, -0.2) is 34.8 Å². The number of carbonyl (C=O) groups excluding carboxylic acids is 3. The Hall–Kier alpha value is -2.37. The fraction of sp³-hybridized carbons (Fsp3) is 0.190. The molecular weight excluding hydrogens is 382 g/mol. The zero-order valence-electron chi connectivity index (χ0n) is 15.3. The molecule has 0 saturated heterocycles. The number of hydrogen-bond acceptors (Lipinski definition) is 4. The van der Waals surface area contributed by atoms with Crippen LogP contribution in [0.4, 0.5) is 0 Å². The minimum Gasteiger partial charge on any atom is -0.293 e. The van der Waals surface area contributed by atoms with Crippen LogP contribution in [0.25, 0.3) is 4.91 Å². The molecule has 2 rings (SSSR count). The molecule has 0 radical (unpaired) electrons. The molecule has 6 heteroatoms. The van der Waals surface area contributed by atoms with E-state index in [4.69, 9.17) is 11.6 Å². The SMILES string of the molecule is CC(=O)N(C)C(=O)/C=C(/SC(C)C(=O)c1ccc(Cl)cc1)c1ccccc1. The van der Waals surface area contributed by atoms with Gasteiger partial charge < -0.3 is 0 Å². The molecule has 4 nitrogen and oxygen atoms in total. The molecule has 1 atom stereocenters. The number of carbonyl (C=O) groups is 3. The molecule has 0 aliphatic rings. The summed E-state index contributed by atoms with van der Waals surface area (Å²) in [5.41, 5.74) is 1.36. The summed E-state index contributed by atoms with van der Waals surface area (Å²) >= 11 is 7.16. The molecule has 2 aromatic carbocycles. The van der Waals surface area contributed by atoms with Crippen molar-refractivity contribution in [3.63, 3.8) is 0 Å². The third-order valence-electron chi connectivity index (χ3n) is 3.92. The minimum absolute atomic E-state index is 0.0640. The first-order valence-corrected chi connectivity index (χ1v) is 9.57. The summed E-state index contributed by atoms with van der Waals surface area (Å²) in [6.07, 6.45) is 1.40. The van der Waals surface area contributed by atoms with E-state index in [0.717, 1.165) is 10.5 Å². The number of hydrogen-bond donors (Lipinski definition) is 0. The first kappa shape index (κ1) is 20.9. The van der Waals surface area contributed by atoms with Crippen molar-refractivity contribution in [2.24, 2.45) is 0 Å². The second-order valence-corrected chi connectivity index (χ2v) is 7.74. The number of benzene rings is 2. The zero-order valence-corrected chi connectivity index (χ0v) is 16.9. The Morgan fingerprint density at radius 2 is 1.59 bits per heavy atom. The van der Waals surface area contributed by atoms with Gasteiger partial charge in [0.25, 0.3) is 5.91 Å². The molecule has 0 aliphatic heterocycles. The minimum atomic E-state index is -0.431. The maximum Gasteiger partial charge on any atom is 0.254 e. The fourth-order valence-electron chi connectivity index (χ4n) is 2.24.